The molecular formula is C27H24FN3O3. The number of imidazole rings is 1. The number of anilines is 1. The average molecular weight is 458 g/mol. The number of hydrogen-bond acceptors (Lipinski definition) is 4. The summed E-state index contributed by atoms with van der Waals surface area (Å²) in [5.74, 6) is -2.19. The van der Waals surface area contributed by atoms with Crippen molar-refractivity contribution in [3.05, 3.63) is 95.8 Å². The van der Waals surface area contributed by atoms with Crippen LogP contribution in [0.1, 0.15) is 24.1 Å². The molecule has 7 heteroatoms. The van der Waals surface area contributed by atoms with Crippen molar-refractivity contribution in [3.63, 3.8) is 0 Å². The van der Waals surface area contributed by atoms with Gasteiger partial charge in [-0.1, -0.05) is 54.6 Å². The van der Waals surface area contributed by atoms with Gasteiger partial charge in [0.05, 0.1) is 23.7 Å². The van der Waals surface area contributed by atoms with Gasteiger partial charge in [-0.25, -0.2) is 9.37 Å². The first kappa shape index (κ1) is 21.8. The first-order valence-electron chi connectivity index (χ1n) is 11.3. The lowest BCUT2D eigenvalue weighted by Gasteiger charge is -2.38. The monoisotopic (exact) mass is 457 g/mol. The van der Waals surface area contributed by atoms with E-state index in [2.05, 4.69) is 0 Å². The number of ether oxygens (including phenoxy) is 1. The van der Waals surface area contributed by atoms with Crippen LogP contribution in [0.15, 0.2) is 78.9 Å². The van der Waals surface area contributed by atoms with E-state index < -0.39 is 29.7 Å². The Hall–Kier alpha value is -4.00. The highest BCUT2D eigenvalue weighted by atomic mass is 19.1. The van der Waals surface area contributed by atoms with Gasteiger partial charge in [-0.05, 0) is 48.7 Å². The summed E-state index contributed by atoms with van der Waals surface area (Å²) in [4.78, 5) is 33.3. The smallest absolute Gasteiger partial charge is 0.321 e. The van der Waals surface area contributed by atoms with E-state index in [1.807, 2.05) is 59.2 Å². The number of carbonyl (C=O) groups excluding carboxylic acids is 2. The summed E-state index contributed by atoms with van der Waals surface area (Å²) in [7, 11) is 0. The fraction of sp³-hybridized carbons (Fsp3) is 0.222. The number of carbonyl (C=O) groups is 2. The molecule has 0 fully saturated rings. The third-order valence-corrected chi connectivity index (χ3v) is 6.14. The van der Waals surface area contributed by atoms with Gasteiger partial charge in [0.25, 0.3) is 0 Å². The van der Waals surface area contributed by atoms with Crippen LogP contribution < -0.4 is 4.90 Å². The maximum atomic E-state index is 14.3. The van der Waals surface area contributed by atoms with Crippen molar-refractivity contribution in [2.75, 3.05) is 18.1 Å². The van der Waals surface area contributed by atoms with E-state index in [0.29, 0.717) is 30.0 Å². The minimum atomic E-state index is -1.16. The Morgan fingerprint density at radius 1 is 1.03 bits per heavy atom. The van der Waals surface area contributed by atoms with Gasteiger partial charge in [-0.3, -0.25) is 14.5 Å². The Labute approximate surface area is 196 Å². The number of amides is 1. The van der Waals surface area contributed by atoms with Crippen molar-refractivity contribution in [1.29, 1.82) is 0 Å². The largest absolute Gasteiger partial charge is 0.465 e. The second kappa shape index (κ2) is 9.09. The van der Waals surface area contributed by atoms with Crippen LogP contribution in [0.4, 0.5) is 10.3 Å². The van der Waals surface area contributed by atoms with Crippen molar-refractivity contribution in [3.8, 4) is 0 Å². The molecule has 172 valence electrons. The fourth-order valence-electron chi connectivity index (χ4n) is 4.64. The number of nitrogens with zero attached hydrogens (tertiary/aromatic N) is 3. The van der Waals surface area contributed by atoms with Gasteiger partial charge in [0.15, 0.2) is 5.92 Å². The van der Waals surface area contributed by atoms with E-state index in [0.717, 1.165) is 11.1 Å². The molecule has 0 saturated carbocycles. The van der Waals surface area contributed by atoms with Gasteiger partial charge in [0, 0.05) is 6.54 Å². The van der Waals surface area contributed by atoms with Crippen LogP contribution in [0, 0.1) is 11.7 Å². The van der Waals surface area contributed by atoms with Crippen LogP contribution in [0.25, 0.3) is 11.0 Å². The molecule has 6 nitrogen and oxygen atoms in total. The standard InChI is InChI=1S/C27H24FN3O3/c1-2-34-26(33)23-24(19-11-8-12-20(28)17-19)31-22-14-7-6-13-21(22)29-27(31)30(25(23)32)16-15-18-9-4-3-5-10-18/h3-14,17,23-24H,2,15-16H2,1H3/t23-,24+/m0/s1. The summed E-state index contributed by atoms with van der Waals surface area (Å²) in [5, 5.41) is 0. The predicted molar refractivity (Wildman–Crippen MR) is 127 cm³/mol. The van der Waals surface area contributed by atoms with E-state index in [-0.39, 0.29) is 6.61 Å². The topological polar surface area (TPSA) is 64.4 Å². The van der Waals surface area contributed by atoms with Crippen LogP contribution in [-0.2, 0) is 20.7 Å². The van der Waals surface area contributed by atoms with E-state index in [4.69, 9.17) is 9.72 Å². The molecular weight excluding hydrogens is 433 g/mol. The van der Waals surface area contributed by atoms with Crippen LogP contribution in [0.3, 0.4) is 0 Å². The molecule has 0 bridgehead atoms. The van der Waals surface area contributed by atoms with Crippen molar-refractivity contribution in [2.45, 2.75) is 19.4 Å². The normalized spacial score (nSPS) is 17.6. The zero-order valence-electron chi connectivity index (χ0n) is 18.7. The zero-order chi connectivity index (χ0) is 23.7. The number of hydrogen-bond donors (Lipinski definition) is 0. The second-order valence-corrected chi connectivity index (χ2v) is 8.23. The summed E-state index contributed by atoms with van der Waals surface area (Å²) in [6.45, 7) is 2.19. The molecule has 2 heterocycles. The zero-order valence-corrected chi connectivity index (χ0v) is 18.7. The maximum Gasteiger partial charge on any atom is 0.321 e. The first-order chi connectivity index (χ1) is 16.6. The third kappa shape index (κ3) is 3.83. The molecule has 4 aromatic rings. The van der Waals surface area contributed by atoms with Crippen LogP contribution in [0.2, 0.25) is 0 Å². The Balaban J connectivity index is 1.69. The number of para-hydroxylation sites is 2. The molecule has 0 N–H and O–H groups in total. The number of fused-ring (bicyclic) bond motifs is 3. The van der Waals surface area contributed by atoms with Crippen molar-refractivity contribution in [1.82, 2.24) is 9.55 Å². The highest BCUT2D eigenvalue weighted by molar-refractivity contribution is 6.08. The fourth-order valence-corrected chi connectivity index (χ4v) is 4.64. The van der Waals surface area contributed by atoms with Gasteiger partial charge in [0.1, 0.15) is 5.82 Å². The molecule has 1 aromatic heterocycles. The van der Waals surface area contributed by atoms with E-state index >= 15 is 0 Å². The molecule has 0 saturated heterocycles. The molecule has 1 aliphatic rings. The molecule has 0 aliphatic carbocycles. The summed E-state index contributed by atoms with van der Waals surface area (Å²) < 4.78 is 21.5. The second-order valence-electron chi connectivity index (χ2n) is 8.23. The first-order valence-corrected chi connectivity index (χ1v) is 11.3. The Kier molecular flexibility index (Phi) is 5.84. The molecule has 3 aromatic carbocycles. The van der Waals surface area contributed by atoms with Crippen molar-refractivity contribution < 1.29 is 18.7 Å². The van der Waals surface area contributed by atoms with Gasteiger partial charge in [-0.2, -0.15) is 0 Å². The lowest BCUT2D eigenvalue weighted by atomic mass is 9.89. The Morgan fingerprint density at radius 2 is 1.79 bits per heavy atom. The summed E-state index contributed by atoms with van der Waals surface area (Å²) in [6.07, 6.45) is 0.593. The number of aromatic nitrogens is 2. The minimum Gasteiger partial charge on any atom is -0.465 e. The maximum absolute atomic E-state index is 14.3. The summed E-state index contributed by atoms with van der Waals surface area (Å²) >= 11 is 0. The SMILES string of the molecule is CCOC(=O)[C@@H]1C(=O)N(CCc2ccccc2)c2nc3ccccc3n2[C@@H]1c1cccc(F)c1. The Morgan fingerprint density at radius 3 is 2.56 bits per heavy atom. The summed E-state index contributed by atoms with van der Waals surface area (Å²) in [5.41, 5.74) is 3.04. The number of halogens is 1. The molecule has 2 atom stereocenters. The van der Waals surface area contributed by atoms with Crippen LogP contribution in [0.5, 0.6) is 0 Å². The molecule has 1 amide bonds. The van der Waals surface area contributed by atoms with E-state index in [9.17, 15) is 14.0 Å². The number of benzene rings is 3. The van der Waals surface area contributed by atoms with Crippen LogP contribution in [-0.4, -0.2) is 34.6 Å². The minimum absolute atomic E-state index is 0.139. The Bertz CT molecular complexity index is 1350. The lowest BCUT2D eigenvalue weighted by Crippen LogP contribution is -2.50. The van der Waals surface area contributed by atoms with Crippen molar-refractivity contribution >= 4 is 28.9 Å². The van der Waals surface area contributed by atoms with E-state index in [1.54, 1.807) is 24.0 Å². The van der Waals surface area contributed by atoms with E-state index in [1.165, 1.54) is 12.1 Å². The van der Waals surface area contributed by atoms with Crippen molar-refractivity contribution in [2.24, 2.45) is 5.92 Å². The molecule has 0 spiro atoms. The molecule has 5 rings (SSSR count). The third-order valence-electron chi connectivity index (χ3n) is 6.14. The lowest BCUT2D eigenvalue weighted by molar-refractivity contribution is -0.153. The quantitative estimate of drug-likeness (QED) is 0.315. The predicted octanol–water partition coefficient (Wildman–Crippen LogP) is 4.53. The molecule has 1 aliphatic heterocycles. The van der Waals surface area contributed by atoms with Gasteiger partial charge >= 0.3 is 5.97 Å². The number of rotatable bonds is 6. The van der Waals surface area contributed by atoms with Gasteiger partial charge < -0.3 is 9.30 Å². The molecule has 34 heavy (non-hydrogen) atoms. The van der Waals surface area contributed by atoms with Crippen LogP contribution >= 0.6 is 0 Å². The molecule has 0 unspecified atom stereocenters. The summed E-state index contributed by atoms with van der Waals surface area (Å²) in [6, 6.07) is 22.6. The number of esters is 1. The highest BCUT2D eigenvalue weighted by Crippen LogP contribution is 2.41. The average Bonchev–Trinajstić information content (AvgIpc) is 3.22. The van der Waals surface area contributed by atoms with Gasteiger partial charge in [0.2, 0.25) is 11.9 Å². The molecule has 0 radical (unpaired) electrons. The highest BCUT2D eigenvalue weighted by Gasteiger charge is 2.47. The van der Waals surface area contributed by atoms with Gasteiger partial charge in [-0.15, -0.1) is 0 Å².